The predicted molar refractivity (Wildman–Crippen MR) is 88.1 cm³/mol. The summed E-state index contributed by atoms with van der Waals surface area (Å²) in [7, 11) is 3.29. The molecule has 1 aromatic carbocycles. The zero-order chi connectivity index (χ0) is 14.8. The van der Waals surface area contributed by atoms with Crippen molar-refractivity contribution in [2.75, 3.05) is 19.5 Å². The van der Waals surface area contributed by atoms with E-state index in [4.69, 9.17) is 21.7 Å². The zero-order valence-electron chi connectivity index (χ0n) is 12.5. The third-order valence-corrected chi connectivity index (χ3v) is 4.93. The van der Waals surface area contributed by atoms with Gasteiger partial charge in [-0.2, -0.15) is 0 Å². The molecule has 5 heteroatoms. The normalized spacial score (nSPS) is 26.5. The van der Waals surface area contributed by atoms with Crippen LogP contribution in [0.4, 0.5) is 5.69 Å². The van der Waals surface area contributed by atoms with Gasteiger partial charge in [0.2, 0.25) is 0 Å². The molecule has 0 saturated heterocycles. The molecule has 114 valence electrons. The van der Waals surface area contributed by atoms with Crippen molar-refractivity contribution in [1.29, 1.82) is 0 Å². The van der Waals surface area contributed by atoms with Crippen LogP contribution >= 0.6 is 12.2 Å². The number of methoxy groups -OCH3 is 2. The lowest BCUT2D eigenvalue weighted by molar-refractivity contribution is 0.391. The Labute approximate surface area is 131 Å². The molecule has 0 spiro atoms. The Balaban J connectivity index is 1.62. The van der Waals surface area contributed by atoms with Crippen molar-refractivity contribution < 1.29 is 9.47 Å². The molecular formula is C16H22N2O2S. The van der Waals surface area contributed by atoms with Gasteiger partial charge in [0.05, 0.1) is 19.9 Å². The smallest absolute Gasteiger partial charge is 0.171 e. The summed E-state index contributed by atoms with van der Waals surface area (Å²) < 4.78 is 10.6. The highest BCUT2D eigenvalue weighted by atomic mass is 32.1. The standard InChI is InChI=1S/C16H22N2O2S/c1-19-12-5-6-13(15(9-12)20-2)17-16(21)18-14-8-10-3-4-11(14)7-10/h5-6,9-11,14H,3-4,7-8H2,1-2H3,(H2,17,18,21)/t10-,11-,14-/m1/s1. The van der Waals surface area contributed by atoms with Crippen LogP contribution in [0.25, 0.3) is 0 Å². The van der Waals surface area contributed by atoms with Crippen molar-refractivity contribution in [2.24, 2.45) is 11.8 Å². The van der Waals surface area contributed by atoms with Crippen molar-refractivity contribution in [3.63, 3.8) is 0 Å². The molecule has 3 atom stereocenters. The van der Waals surface area contributed by atoms with Gasteiger partial charge in [-0.15, -0.1) is 0 Å². The van der Waals surface area contributed by atoms with Crippen molar-refractivity contribution >= 4 is 23.0 Å². The van der Waals surface area contributed by atoms with E-state index in [2.05, 4.69) is 10.6 Å². The topological polar surface area (TPSA) is 42.5 Å². The highest BCUT2D eigenvalue weighted by molar-refractivity contribution is 7.80. The fraction of sp³-hybridized carbons (Fsp3) is 0.562. The second-order valence-corrected chi connectivity index (χ2v) is 6.35. The van der Waals surface area contributed by atoms with Crippen molar-refractivity contribution in [1.82, 2.24) is 5.32 Å². The first kappa shape index (κ1) is 14.4. The lowest BCUT2D eigenvalue weighted by atomic mass is 9.96. The van der Waals surface area contributed by atoms with Gasteiger partial charge in [-0.1, -0.05) is 6.42 Å². The molecule has 2 fully saturated rings. The minimum absolute atomic E-state index is 0.535. The fourth-order valence-electron chi connectivity index (χ4n) is 3.65. The Hall–Kier alpha value is -1.49. The first-order chi connectivity index (χ1) is 10.2. The molecule has 3 rings (SSSR count). The Morgan fingerprint density at radius 2 is 2.05 bits per heavy atom. The highest BCUT2D eigenvalue weighted by Gasteiger charge is 2.39. The Bertz CT molecular complexity index is 535. The van der Waals surface area contributed by atoms with Gasteiger partial charge in [-0.05, 0) is 55.4 Å². The molecule has 0 heterocycles. The van der Waals surface area contributed by atoms with Crippen LogP contribution in [0.1, 0.15) is 25.7 Å². The van der Waals surface area contributed by atoms with Crippen molar-refractivity contribution in [3.8, 4) is 11.5 Å². The van der Waals surface area contributed by atoms with Gasteiger partial charge in [-0.3, -0.25) is 0 Å². The van der Waals surface area contributed by atoms with E-state index in [1.165, 1.54) is 25.7 Å². The van der Waals surface area contributed by atoms with E-state index < -0.39 is 0 Å². The maximum absolute atomic E-state index is 5.45. The number of anilines is 1. The van der Waals surface area contributed by atoms with Gasteiger partial charge in [0, 0.05) is 12.1 Å². The molecule has 1 aromatic rings. The fourth-order valence-corrected chi connectivity index (χ4v) is 3.91. The Morgan fingerprint density at radius 1 is 1.19 bits per heavy atom. The maximum Gasteiger partial charge on any atom is 0.171 e. The number of fused-ring (bicyclic) bond motifs is 2. The lowest BCUT2D eigenvalue weighted by Gasteiger charge is -2.25. The summed E-state index contributed by atoms with van der Waals surface area (Å²) in [4.78, 5) is 0. The van der Waals surface area contributed by atoms with Crippen LogP contribution in [-0.4, -0.2) is 25.4 Å². The summed E-state index contributed by atoms with van der Waals surface area (Å²) in [6.07, 6.45) is 5.37. The molecule has 0 amide bonds. The second-order valence-electron chi connectivity index (χ2n) is 5.95. The molecule has 2 aliphatic carbocycles. The SMILES string of the molecule is COc1ccc(NC(=S)N[C@@H]2C[C@@H]3CC[C@@H]2C3)c(OC)c1. The van der Waals surface area contributed by atoms with E-state index in [0.29, 0.717) is 11.2 Å². The van der Waals surface area contributed by atoms with E-state index in [1.807, 2.05) is 18.2 Å². The highest BCUT2D eigenvalue weighted by Crippen LogP contribution is 2.44. The quantitative estimate of drug-likeness (QED) is 0.836. The molecule has 2 aliphatic rings. The summed E-state index contributed by atoms with van der Waals surface area (Å²) in [5.74, 6) is 3.20. The van der Waals surface area contributed by atoms with Crippen molar-refractivity contribution in [2.45, 2.75) is 31.7 Å². The van der Waals surface area contributed by atoms with E-state index in [-0.39, 0.29) is 0 Å². The van der Waals surface area contributed by atoms with Gasteiger partial charge >= 0.3 is 0 Å². The molecule has 2 N–H and O–H groups in total. The van der Waals surface area contributed by atoms with E-state index in [0.717, 1.165) is 29.0 Å². The minimum Gasteiger partial charge on any atom is -0.497 e. The predicted octanol–water partition coefficient (Wildman–Crippen LogP) is 3.18. The van der Waals surface area contributed by atoms with E-state index in [1.54, 1.807) is 14.2 Å². The third-order valence-electron chi connectivity index (χ3n) is 4.71. The van der Waals surface area contributed by atoms with Gasteiger partial charge < -0.3 is 20.1 Å². The van der Waals surface area contributed by atoms with Crippen LogP contribution in [0.5, 0.6) is 11.5 Å². The monoisotopic (exact) mass is 306 g/mol. The van der Waals surface area contributed by atoms with Gasteiger partial charge in [0.1, 0.15) is 11.5 Å². The summed E-state index contributed by atoms with van der Waals surface area (Å²) in [6, 6.07) is 6.20. The van der Waals surface area contributed by atoms with Crippen LogP contribution < -0.4 is 20.1 Å². The first-order valence-electron chi connectivity index (χ1n) is 7.49. The second kappa shape index (κ2) is 6.10. The number of hydrogen-bond donors (Lipinski definition) is 2. The van der Waals surface area contributed by atoms with Crippen LogP contribution in [0.15, 0.2) is 18.2 Å². The molecule has 4 nitrogen and oxygen atoms in total. The third kappa shape index (κ3) is 3.07. The molecular weight excluding hydrogens is 284 g/mol. The molecule has 2 bridgehead atoms. The first-order valence-corrected chi connectivity index (χ1v) is 7.90. The molecule has 0 aromatic heterocycles. The Kier molecular flexibility index (Phi) is 4.19. The van der Waals surface area contributed by atoms with Gasteiger partial charge in [-0.25, -0.2) is 0 Å². The number of nitrogens with one attached hydrogen (secondary N) is 2. The van der Waals surface area contributed by atoms with E-state index in [9.17, 15) is 0 Å². The molecule has 2 saturated carbocycles. The molecule has 0 unspecified atom stereocenters. The summed E-state index contributed by atoms with van der Waals surface area (Å²) in [5, 5.41) is 7.39. The Morgan fingerprint density at radius 3 is 2.67 bits per heavy atom. The van der Waals surface area contributed by atoms with Crippen LogP contribution in [0, 0.1) is 11.8 Å². The summed E-state index contributed by atoms with van der Waals surface area (Å²) >= 11 is 5.45. The molecule has 0 aliphatic heterocycles. The number of hydrogen-bond acceptors (Lipinski definition) is 3. The number of benzene rings is 1. The summed E-state index contributed by atoms with van der Waals surface area (Å²) in [6.45, 7) is 0. The lowest BCUT2D eigenvalue weighted by Crippen LogP contribution is -2.40. The average molecular weight is 306 g/mol. The van der Waals surface area contributed by atoms with Crippen molar-refractivity contribution in [3.05, 3.63) is 18.2 Å². The number of ether oxygens (including phenoxy) is 2. The van der Waals surface area contributed by atoms with Crippen LogP contribution in [-0.2, 0) is 0 Å². The molecule has 0 radical (unpaired) electrons. The molecule has 21 heavy (non-hydrogen) atoms. The number of rotatable bonds is 4. The zero-order valence-corrected chi connectivity index (χ0v) is 13.3. The van der Waals surface area contributed by atoms with E-state index >= 15 is 0 Å². The van der Waals surface area contributed by atoms with Crippen LogP contribution in [0.3, 0.4) is 0 Å². The maximum atomic E-state index is 5.45. The van der Waals surface area contributed by atoms with Gasteiger partial charge in [0.25, 0.3) is 0 Å². The average Bonchev–Trinajstić information content (AvgIpc) is 3.10. The minimum atomic E-state index is 0.535. The van der Waals surface area contributed by atoms with Gasteiger partial charge in [0.15, 0.2) is 5.11 Å². The number of thiocarbonyl (C=S) groups is 1. The largest absolute Gasteiger partial charge is 0.497 e. The van der Waals surface area contributed by atoms with Crippen LogP contribution in [0.2, 0.25) is 0 Å². The summed E-state index contributed by atoms with van der Waals surface area (Å²) in [5.41, 5.74) is 0.860.